The van der Waals surface area contributed by atoms with Crippen molar-refractivity contribution in [3.05, 3.63) is 76.9 Å². The molecule has 0 aromatic heterocycles. The van der Waals surface area contributed by atoms with Gasteiger partial charge < -0.3 is 9.64 Å². The van der Waals surface area contributed by atoms with Crippen molar-refractivity contribution < 1.29 is 35.9 Å². The van der Waals surface area contributed by atoms with Gasteiger partial charge in [-0.2, -0.15) is 17.9 Å². The van der Waals surface area contributed by atoms with Crippen LogP contribution in [-0.4, -0.2) is 67.5 Å². The fraction of sp³-hybridized carbons (Fsp3) is 0.467. The monoisotopic (exact) mass is 607 g/mol. The Morgan fingerprint density at radius 1 is 1.00 bits per heavy atom. The number of fused-ring (bicyclic) bond motifs is 1. The number of hydrogen-bond donors (Lipinski definition) is 1. The first-order valence-electron chi connectivity index (χ1n) is 13.8. The summed E-state index contributed by atoms with van der Waals surface area (Å²) in [5.74, 6) is -2.70. The summed E-state index contributed by atoms with van der Waals surface area (Å²) >= 11 is 0. The lowest BCUT2D eigenvalue weighted by Crippen LogP contribution is -2.45. The second-order valence-corrected chi connectivity index (χ2v) is 13.4. The lowest BCUT2D eigenvalue weighted by molar-refractivity contribution is -0.186. The van der Waals surface area contributed by atoms with Gasteiger partial charge in [0.1, 0.15) is 11.6 Å². The molecule has 42 heavy (non-hydrogen) atoms. The van der Waals surface area contributed by atoms with E-state index >= 15 is 0 Å². The molecule has 2 heterocycles. The SMILES string of the molecule is CC(C)(C)OC(=O)[C@H](CC1=CCCN(Cc2ccccc2)C1)NS(=O)(=O)c1ccc2c(c1)CN(C(=O)C(F)(F)F)CC2. The highest BCUT2D eigenvalue weighted by atomic mass is 32.2. The van der Waals surface area contributed by atoms with Gasteiger partial charge in [0, 0.05) is 32.7 Å². The number of carbonyl (C=O) groups is 2. The largest absolute Gasteiger partial charge is 0.471 e. The first kappa shape index (κ1) is 31.7. The van der Waals surface area contributed by atoms with Crippen LogP contribution in [0.4, 0.5) is 13.2 Å². The number of sulfonamides is 1. The molecule has 228 valence electrons. The smallest absolute Gasteiger partial charge is 0.459 e. The van der Waals surface area contributed by atoms with Crippen LogP contribution in [-0.2, 0) is 43.9 Å². The molecule has 2 aromatic rings. The molecule has 1 N–H and O–H groups in total. The first-order valence-corrected chi connectivity index (χ1v) is 15.3. The van der Waals surface area contributed by atoms with E-state index in [1.807, 2.05) is 36.4 Å². The fourth-order valence-electron chi connectivity index (χ4n) is 5.12. The number of amides is 1. The molecule has 4 rings (SSSR count). The zero-order valence-electron chi connectivity index (χ0n) is 23.9. The van der Waals surface area contributed by atoms with Crippen LogP contribution in [0.25, 0.3) is 0 Å². The second kappa shape index (κ2) is 12.6. The van der Waals surface area contributed by atoms with E-state index in [4.69, 9.17) is 4.74 Å². The van der Waals surface area contributed by atoms with Crippen LogP contribution in [0.2, 0.25) is 0 Å². The Kier molecular flexibility index (Phi) is 9.49. The molecule has 1 atom stereocenters. The molecule has 8 nitrogen and oxygen atoms in total. The Balaban J connectivity index is 1.52. The lowest BCUT2D eigenvalue weighted by atomic mass is 10.00. The van der Waals surface area contributed by atoms with Crippen molar-refractivity contribution in [2.75, 3.05) is 19.6 Å². The fourth-order valence-corrected chi connectivity index (χ4v) is 6.36. The molecule has 0 spiro atoms. The summed E-state index contributed by atoms with van der Waals surface area (Å²) in [5, 5.41) is 0. The summed E-state index contributed by atoms with van der Waals surface area (Å²) in [4.78, 5) is 27.7. The minimum atomic E-state index is -5.02. The highest BCUT2D eigenvalue weighted by molar-refractivity contribution is 7.89. The molecule has 0 bridgehead atoms. The maximum atomic E-state index is 13.5. The van der Waals surface area contributed by atoms with E-state index in [1.54, 1.807) is 20.8 Å². The molecule has 0 saturated heterocycles. The van der Waals surface area contributed by atoms with Gasteiger partial charge in [0.05, 0.1) is 4.90 Å². The van der Waals surface area contributed by atoms with E-state index in [9.17, 15) is 31.2 Å². The van der Waals surface area contributed by atoms with Gasteiger partial charge in [-0.05, 0) is 68.9 Å². The van der Waals surface area contributed by atoms with Gasteiger partial charge in [0.15, 0.2) is 0 Å². The van der Waals surface area contributed by atoms with Crippen molar-refractivity contribution in [1.29, 1.82) is 0 Å². The van der Waals surface area contributed by atoms with Crippen molar-refractivity contribution in [3.8, 4) is 0 Å². The number of ether oxygens (including phenoxy) is 1. The van der Waals surface area contributed by atoms with Crippen LogP contribution in [0.15, 0.2) is 65.1 Å². The van der Waals surface area contributed by atoms with Crippen molar-refractivity contribution in [2.24, 2.45) is 0 Å². The molecule has 2 aromatic carbocycles. The Bertz CT molecular complexity index is 1440. The molecule has 0 radical (unpaired) electrons. The lowest BCUT2D eigenvalue weighted by Gasteiger charge is -2.30. The normalized spacial score (nSPS) is 17.3. The Labute approximate surface area is 244 Å². The number of alkyl halides is 3. The van der Waals surface area contributed by atoms with E-state index in [1.165, 1.54) is 18.2 Å². The molecule has 0 aliphatic carbocycles. The third kappa shape index (κ3) is 8.42. The molecule has 1 amide bonds. The molecular formula is C30H36F3N3O5S. The van der Waals surface area contributed by atoms with E-state index in [0.29, 0.717) is 29.1 Å². The third-order valence-electron chi connectivity index (χ3n) is 7.04. The maximum Gasteiger partial charge on any atom is 0.471 e. The molecule has 2 aliphatic rings. The van der Waals surface area contributed by atoms with E-state index in [2.05, 4.69) is 9.62 Å². The first-order chi connectivity index (χ1) is 19.6. The minimum Gasteiger partial charge on any atom is -0.459 e. The Morgan fingerprint density at radius 3 is 2.38 bits per heavy atom. The summed E-state index contributed by atoms with van der Waals surface area (Å²) in [7, 11) is -4.29. The summed E-state index contributed by atoms with van der Waals surface area (Å²) in [6.45, 7) is 6.68. The van der Waals surface area contributed by atoms with Gasteiger partial charge in [0.2, 0.25) is 10.0 Å². The van der Waals surface area contributed by atoms with Crippen LogP contribution < -0.4 is 4.72 Å². The molecule has 0 fully saturated rings. The topological polar surface area (TPSA) is 96.0 Å². The van der Waals surface area contributed by atoms with Gasteiger partial charge in [-0.1, -0.05) is 48.0 Å². The van der Waals surface area contributed by atoms with Crippen molar-refractivity contribution in [3.63, 3.8) is 0 Å². The zero-order valence-corrected chi connectivity index (χ0v) is 24.7. The predicted molar refractivity (Wildman–Crippen MR) is 151 cm³/mol. The standard InChI is InChI=1S/C30H36F3N3O5S/c1-29(2,3)41-27(37)26(16-22-10-7-14-35(19-22)18-21-8-5-4-6-9-21)34-42(39,40)25-12-11-23-13-15-36(20-24(23)17-25)28(38)30(31,32)33/h4-6,8-12,17,26,34H,7,13-16,18-20H2,1-3H3/t26-/m0/s1. The Hall–Kier alpha value is -3.22. The molecular weight excluding hydrogens is 571 g/mol. The van der Waals surface area contributed by atoms with Crippen LogP contribution in [0.3, 0.4) is 0 Å². The number of nitrogens with one attached hydrogen (secondary N) is 1. The Morgan fingerprint density at radius 2 is 1.71 bits per heavy atom. The number of halogens is 3. The maximum absolute atomic E-state index is 13.5. The van der Waals surface area contributed by atoms with E-state index < -0.39 is 39.7 Å². The van der Waals surface area contributed by atoms with Crippen LogP contribution in [0, 0.1) is 0 Å². The molecule has 2 aliphatic heterocycles. The van der Waals surface area contributed by atoms with Gasteiger partial charge in [-0.3, -0.25) is 14.5 Å². The number of benzene rings is 2. The average molecular weight is 608 g/mol. The van der Waals surface area contributed by atoms with Crippen molar-refractivity contribution in [1.82, 2.24) is 14.5 Å². The van der Waals surface area contributed by atoms with Crippen molar-refractivity contribution >= 4 is 21.9 Å². The number of esters is 1. The minimum absolute atomic E-state index is 0.0955. The summed E-state index contributed by atoms with van der Waals surface area (Å²) < 4.78 is 74.0. The van der Waals surface area contributed by atoms with Gasteiger partial charge in [-0.15, -0.1) is 0 Å². The number of rotatable bonds is 8. The summed E-state index contributed by atoms with van der Waals surface area (Å²) in [6, 6.07) is 12.9. The number of carbonyl (C=O) groups excluding carboxylic acids is 2. The molecule has 0 saturated carbocycles. The van der Waals surface area contributed by atoms with Gasteiger partial charge in [0.25, 0.3) is 0 Å². The number of hydrogen-bond acceptors (Lipinski definition) is 6. The van der Waals surface area contributed by atoms with Crippen LogP contribution >= 0.6 is 0 Å². The summed E-state index contributed by atoms with van der Waals surface area (Å²) in [5.41, 5.74) is 2.15. The predicted octanol–water partition coefficient (Wildman–Crippen LogP) is 4.34. The number of nitrogens with zero attached hydrogens (tertiary/aromatic N) is 2. The average Bonchev–Trinajstić information content (AvgIpc) is 2.91. The zero-order chi connectivity index (χ0) is 30.7. The van der Waals surface area contributed by atoms with Crippen LogP contribution in [0.1, 0.15) is 50.3 Å². The highest BCUT2D eigenvalue weighted by Gasteiger charge is 2.43. The summed E-state index contributed by atoms with van der Waals surface area (Å²) in [6.07, 6.45) is -2.00. The highest BCUT2D eigenvalue weighted by Crippen LogP contribution is 2.27. The third-order valence-corrected chi connectivity index (χ3v) is 8.51. The van der Waals surface area contributed by atoms with E-state index in [0.717, 1.165) is 24.1 Å². The van der Waals surface area contributed by atoms with Gasteiger partial charge in [-0.25, -0.2) is 8.42 Å². The molecule has 0 unspecified atom stereocenters. The van der Waals surface area contributed by atoms with E-state index in [-0.39, 0.29) is 30.8 Å². The quantitative estimate of drug-likeness (QED) is 0.354. The second-order valence-electron chi connectivity index (χ2n) is 11.7. The van der Waals surface area contributed by atoms with Gasteiger partial charge >= 0.3 is 18.1 Å². The van der Waals surface area contributed by atoms with Crippen molar-refractivity contribution in [2.45, 2.75) is 75.8 Å². The molecule has 12 heteroatoms. The van der Waals surface area contributed by atoms with Crippen LogP contribution in [0.5, 0.6) is 0 Å².